The van der Waals surface area contributed by atoms with Gasteiger partial charge < -0.3 is 158 Å². The molecule has 0 saturated carbocycles. The lowest BCUT2D eigenvalue weighted by Gasteiger charge is -2.25. The number of hydrogen-bond donors (Lipinski definition) is 30. The second-order valence-corrected chi connectivity index (χ2v) is 18.0. The van der Waals surface area contributed by atoms with Crippen molar-refractivity contribution in [3.8, 4) is 206 Å². The smallest absolute Gasteiger partial charge is 0.205 e. The first-order valence-electron chi connectivity index (χ1n) is 21.9. The van der Waals surface area contributed by atoms with Gasteiger partial charge in [0.05, 0.1) is 43.8 Å². The van der Waals surface area contributed by atoms with Gasteiger partial charge in [0.2, 0.25) is 57.5 Å². The maximum Gasteiger partial charge on any atom is 0.205 e. The highest BCUT2D eigenvalue weighted by atomic mass is 16.4. The van der Waals surface area contributed by atoms with Crippen molar-refractivity contribution in [2.75, 3.05) is 0 Å². The number of benzene rings is 10. The minimum Gasteiger partial charge on any atom is -0.506 e. The van der Waals surface area contributed by atoms with Gasteiger partial charge in [-0.2, -0.15) is 0 Å². The summed E-state index contributed by atoms with van der Waals surface area (Å²) in [5, 5.41) is 324. The summed E-state index contributed by atoms with van der Waals surface area (Å²) >= 11 is 0. The van der Waals surface area contributed by atoms with Crippen molar-refractivity contribution >= 4 is 75.8 Å². The average Bonchev–Trinajstić information content (AvgIpc) is 2.65. The Hall–Kier alpha value is -12.7. The van der Waals surface area contributed by atoms with E-state index >= 15 is 0 Å². The molecule has 0 fully saturated rings. The first kappa shape index (κ1) is 50.5. The highest BCUT2D eigenvalue weighted by molar-refractivity contribution is 6.34. The standard InChI is InChI=1S/C50H30O31/c51-19-13-7(8-14(31(63)30(13)62)35(67)45(77)43(75)26(8)58)21(53)32(64)16(19)17-33(65)28(60)12(29(61)34(17)66)2-5-3(22(54)39(71)41(73)24(5)56)1(4-6(2)25(57)42(74)40(72)23(4)55)11-20(52)18-10-9-15(36(68)46(78)44(76)27(9)59)38(70)47(79)49(10)81-50(18)48(80)37(11)69/h51-80H. The Labute approximate surface area is 438 Å². The molecule has 11 aromatic rings. The fourth-order valence-corrected chi connectivity index (χ4v) is 10.4. The van der Waals surface area contributed by atoms with Crippen molar-refractivity contribution < 1.29 is 158 Å². The molecule has 30 N–H and O–H groups in total. The molecule has 416 valence electrons. The van der Waals surface area contributed by atoms with E-state index in [0.29, 0.717) is 0 Å². The predicted octanol–water partition coefficient (Wildman–Crippen LogP) is 5.52. The fraction of sp³-hybridized carbons (Fsp3) is 0. The summed E-state index contributed by atoms with van der Waals surface area (Å²) in [4.78, 5) is 0. The average molecular weight is 1130 g/mol. The van der Waals surface area contributed by atoms with Crippen molar-refractivity contribution in [3.63, 3.8) is 0 Å². The van der Waals surface area contributed by atoms with E-state index in [0.717, 1.165) is 0 Å². The predicted molar refractivity (Wildman–Crippen MR) is 268 cm³/mol. The lowest BCUT2D eigenvalue weighted by molar-refractivity contribution is 0.349. The molecule has 0 atom stereocenters. The van der Waals surface area contributed by atoms with Crippen LogP contribution in [-0.4, -0.2) is 153 Å². The molecule has 0 bridgehead atoms. The van der Waals surface area contributed by atoms with Crippen LogP contribution in [0.3, 0.4) is 0 Å². The van der Waals surface area contributed by atoms with Gasteiger partial charge in [0.25, 0.3) is 0 Å². The van der Waals surface area contributed by atoms with E-state index in [4.69, 9.17) is 4.42 Å². The molecular formula is C50H30O31. The molecule has 0 aliphatic rings. The van der Waals surface area contributed by atoms with Crippen LogP contribution >= 0.6 is 0 Å². The van der Waals surface area contributed by atoms with Crippen LogP contribution in [-0.2, 0) is 0 Å². The zero-order valence-corrected chi connectivity index (χ0v) is 38.8. The third kappa shape index (κ3) is 5.55. The van der Waals surface area contributed by atoms with Gasteiger partial charge in [-0.1, -0.05) is 0 Å². The quantitative estimate of drug-likeness (QED) is 0.0448. The van der Waals surface area contributed by atoms with Crippen LogP contribution in [0, 0.1) is 0 Å². The van der Waals surface area contributed by atoms with E-state index in [1.165, 1.54) is 0 Å². The molecule has 0 aliphatic carbocycles. The van der Waals surface area contributed by atoms with Crippen LogP contribution in [0.4, 0.5) is 0 Å². The molecule has 0 saturated heterocycles. The molecule has 0 unspecified atom stereocenters. The van der Waals surface area contributed by atoms with Crippen molar-refractivity contribution in [1.82, 2.24) is 0 Å². The fourth-order valence-electron chi connectivity index (χ4n) is 10.4. The Kier molecular flexibility index (Phi) is 9.63. The van der Waals surface area contributed by atoms with Crippen LogP contribution < -0.4 is 0 Å². The SMILES string of the molecule is Oc1c(O)c(-c2c3c(O)c(O)c(O)c(O)c3c(-c3c(O)c(O)c4oc5c(O)c(O)c6c(O)c(O)c(O)c(O)c6c5c4c3O)c3c(O)c(O)c(O)c(O)c23)c(O)c(O)c1-c1c(O)c(O)c2c(c1O)c(O)c(O)c1c(O)c(O)c(O)c(O)c12. The Morgan fingerprint density at radius 3 is 0.642 bits per heavy atom. The zero-order chi connectivity index (χ0) is 59.6. The van der Waals surface area contributed by atoms with Gasteiger partial charge in [-0.25, -0.2) is 0 Å². The zero-order valence-electron chi connectivity index (χ0n) is 38.8. The molecule has 81 heavy (non-hydrogen) atoms. The molecule has 1 aromatic heterocycles. The van der Waals surface area contributed by atoms with E-state index in [9.17, 15) is 153 Å². The van der Waals surface area contributed by atoms with Crippen LogP contribution in [0.25, 0.3) is 109 Å². The number of aromatic hydroxyl groups is 30. The van der Waals surface area contributed by atoms with E-state index < -0.39 is 282 Å². The number of phenolic OH excluding ortho intramolecular Hbond substituents is 30. The highest BCUT2D eigenvalue weighted by Crippen LogP contribution is 2.70. The summed E-state index contributed by atoms with van der Waals surface area (Å²) in [7, 11) is 0. The van der Waals surface area contributed by atoms with Crippen molar-refractivity contribution in [3.05, 3.63) is 0 Å². The first-order valence-corrected chi connectivity index (χ1v) is 21.9. The highest BCUT2D eigenvalue weighted by Gasteiger charge is 2.41. The number of fused-ring (bicyclic) bond motifs is 10. The van der Waals surface area contributed by atoms with Crippen LogP contribution in [0.15, 0.2) is 4.42 Å². The molecule has 31 heteroatoms. The maximum atomic E-state index is 12.4. The second kappa shape index (κ2) is 15.5. The number of phenols is 30. The van der Waals surface area contributed by atoms with Crippen LogP contribution in [0.1, 0.15) is 0 Å². The topological polar surface area (TPSA) is 620 Å². The lowest BCUT2D eigenvalue weighted by atomic mass is 9.81. The number of furan rings is 1. The third-order valence-corrected chi connectivity index (χ3v) is 14.1. The molecule has 10 aromatic carbocycles. The molecule has 0 spiro atoms. The van der Waals surface area contributed by atoms with Crippen molar-refractivity contribution in [1.29, 1.82) is 0 Å². The maximum absolute atomic E-state index is 12.4. The van der Waals surface area contributed by atoms with Gasteiger partial charge in [-0.15, -0.1) is 0 Å². The van der Waals surface area contributed by atoms with Crippen LogP contribution in [0.2, 0.25) is 0 Å². The molecule has 0 radical (unpaired) electrons. The van der Waals surface area contributed by atoms with E-state index in [1.807, 2.05) is 0 Å². The van der Waals surface area contributed by atoms with Gasteiger partial charge >= 0.3 is 0 Å². The van der Waals surface area contributed by atoms with E-state index in [2.05, 4.69) is 0 Å². The number of hydrogen-bond acceptors (Lipinski definition) is 31. The summed E-state index contributed by atoms with van der Waals surface area (Å²) in [6.45, 7) is 0. The summed E-state index contributed by atoms with van der Waals surface area (Å²) < 4.78 is 5.46. The van der Waals surface area contributed by atoms with Crippen molar-refractivity contribution in [2.24, 2.45) is 0 Å². The second-order valence-electron chi connectivity index (χ2n) is 18.0. The Bertz CT molecular complexity index is 4810. The third-order valence-electron chi connectivity index (χ3n) is 14.1. The minimum atomic E-state index is -1.97. The van der Waals surface area contributed by atoms with Gasteiger partial charge in [-0.05, 0) is 0 Å². The lowest BCUT2D eigenvalue weighted by Crippen LogP contribution is -1.97. The van der Waals surface area contributed by atoms with Gasteiger partial charge in [0.1, 0.15) is 11.5 Å². The molecule has 1 heterocycles. The molecule has 0 amide bonds. The number of rotatable bonds is 3. The van der Waals surface area contributed by atoms with E-state index in [1.54, 1.807) is 0 Å². The Morgan fingerprint density at radius 1 is 0.111 bits per heavy atom. The normalized spacial score (nSPS) is 12.0. The Balaban J connectivity index is 1.34. The van der Waals surface area contributed by atoms with Crippen molar-refractivity contribution in [2.45, 2.75) is 0 Å². The largest absolute Gasteiger partial charge is 0.506 e. The summed E-state index contributed by atoms with van der Waals surface area (Å²) in [5.41, 5.74) is -11.6. The van der Waals surface area contributed by atoms with Gasteiger partial charge in [-0.3, -0.25) is 0 Å². The Morgan fingerprint density at radius 2 is 0.284 bits per heavy atom. The first-order chi connectivity index (χ1) is 37.8. The summed E-state index contributed by atoms with van der Waals surface area (Å²) in [5.74, 6) is -50.6. The van der Waals surface area contributed by atoms with Gasteiger partial charge in [0.15, 0.2) is 115 Å². The molecule has 0 aliphatic heterocycles. The van der Waals surface area contributed by atoms with E-state index in [-0.39, 0.29) is 0 Å². The van der Waals surface area contributed by atoms with Gasteiger partial charge in [0, 0.05) is 54.2 Å². The minimum absolute atomic E-state index is 0.979. The summed E-state index contributed by atoms with van der Waals surface area (Å²) in [6, 6.07) is 0. The van der Waals surface area contributed by atoms with Crippen LogP contribution in [0.5, 0.6) is 172 Å². The molecule has 31 nitrogen and oxygen atoms in total. The molecular weight excluding hydrogens is 1100 g/mol. The monoisotopic (exact) mass is 1130 g/mol. The summed E-state index contributed by atoms with van der Waals surface area (Å²) in [6.07, 6.45) is 0. The molecule has 11 rings (SSSR count).